The first-order valence-corrected chi connectivity index (χ1v) is 5.19. The summed E-state index contributed by atoms with van der Waals surface area (Å²) in [7, 11) is 0. The van der Waals surface area contributed by atoms with Gasteiger partial charge in [0, 0.05) is 12.7 Å². The summed E-state index contributed by atoms with van der Waals surface area (Å²) in [5.41, 5.74) is 0.917. The highest BCUT2D eigenvalue weighted by atomic mass is 19.1. The molecule has 0 saturated heterocycles. The summed E-state index contributed by atoms with van der Waals surface area (Å²) in [6.45, 7) is 0.220. The molecule has 5 heteroatoms. The fraction of sp³-hybridized carbons (Fsp3) is 0.0769. The number of carbonyl (C=O) groups is 1. The molecule has 0 atom stereocenters. The van der Waals surface area contributed by atoms with Crippen LogP contribution in [-0.4, -0.2) is 15.6 Å². The van der Waals surface area contributed by atoms with Gasteiger partial charge < -0.3 is 9.67 Å². The van der Waals surface area contributed by atoms with E-state index in [2.05, 4.69) is 0 Å². The predicted octanol–water partition coefficient (Wildman–Crippen LogP) is 2.25. The van der Waals surface area contributed by atoms with Gasteiger partial charge in [-0.05, 0) is 29.8 Å². The quantitative estimate of drug-likeness (QED) is 0.900. The topological polar surface area (TPSA) is 66.0 Å². The average molecular weight is 244 g/mol. The van der Waals surface area contributed by atoms with Crippen molar-refractivity contribution in [3.8, 4) is 6.07 Å². The van der Waals surface area contributed by atoms with Gasteiger partial charge in [-0.3, -0.25) is 0 Å². The Labute approximate surface area is 103 Å². The number of aromatic nitrogens is 1. The van der Waals surface area contributed by atoms with E-state index in [1.54, 1.807) is 12.3 Å². The molecule has 4 nitrogen and oxygen atoms in total. The second-order valence-electron chi connectivity index (χ2n) is 3.74. The van der Waals surface area contributed by atoms with Gasteiger partial charge >= 0.3 is 5.97 Å². The molecule has 1 N–H and O–H groups in total. The van der Waals surface area contributed by atoms with Crippen molar-refractivity contribution in [1.82, 2.24) is 4.57 Å². The zero-order chi connectivity index (χ0) is 13.1. The zero-order valence-corrected chi connectivity index (χ0v) is 9.30. The highest BCUT2D eigenvalue weighted by Gasteiger charge is 2.11. The summed E-state index contributed by atoms with van der Waals surface area (Å²) < 4.78 is 14.5. The highest BCUT2D eigenvalue weighted by Crippen LogP contribution is 2.14. The summed E-state index contributed by atoms with van der Waals surface area (Å²) >= 11 is 0. The van der Waals surface area contributed by atoms with Crippen molar-refractivity contribution >= 4 is 5.97 Å². The lowest BCUT2D eigenvalue weighted by Gasteiger charge is -2.08. The molecule has 0 radical (unpaired) electrons. The van der Waals surface area contributed by atoms with Crippen molar-refractivity contribution in [2.45, 2.75) is 6.54 Å². The molecule has 0 fully saturated rings. The predicted molar refractivity (Wildman–Crippen MR) is 61.6 cm³/mol. The van der Waals surface area contributed by atoms with E-state index >= 15 is 0 Å². The van der Waals surface area contributed by atoms with Crippen LogP contribution in [0.4, 0.5) is 4.39 Å². The van der Waals surface area contributed by atoms with Gasteiger partial charge in [0.05, 0.1) is 11.6 Å². The lowest BCUT2D eigenvalue weighted by molar-refractivity contribution is 0.0685. The molecule has 2 aromatic rings. The van der Waals surface area contributed by atoms with Crippen LogP contribution in [0.1, 0.15) is 21.6 Å². The molecule has 0 bridgehead atoms. The maximum absolute atomic E-state index is 13.0. The normalized spacial score (nSPS) is 10.0. The Hall–Kier alpha value is -2.61. The van der Waals surface area contributed by atoms with Crippen LogP contribution >= 0.6 is 0 Å². The number of aromatic carboxylic acids is 1. The lowest BCUT2D eigenvalue weighted by atomic mass is 10.1. The van der Waals surface area contributed by atoms with Gasteiger partial charge in [-0.25, -0.2) is 9.18 Å². The van der Waals surface area contributed by atoms with E-state index in [-0.39, 0.29) is 17.8 Å². The van der Waals surface area contributed by atoms with Crippen LogP contribution in [-0.2, 0) is 6.54 Å². The molecule has 0 unspecified atom stereocenters. The van der Waals surface area contributed by atoms with Crippen LogP contribution in [0.25, 0.3) is 0 Å². The van der Waals surface area contributed by atoms with Gasteiger partial charge in [0.15, 0.2) is 0 Å². The maximum Gasteiger partial charge on any atom is 0.352 e. The molecule has 0 aliphatic heterocycles. The highest BCUT2D eigenvalue weighted by molar-refractivity contribution is 5.85. The summed E-state index contributed by atoms with van der Waals surface area (Å²) in [5.74, 6) is -1.53. The van der Waals surface area contributed by atoms with Gasteiger partial charge in [0.2, 0.25) is 0 Å². The first kappa shape index (κ1) is 11.9. The van der Waals surface area contributed by atoms with E-state index in [1.165, 1.54) is 22.8 Å². The second-order valence-corrected chi connectivity index (χ2v) is 3.74. The van der Waals surface area contributed by atoms with Gasteiger partial charge in [-0.15, -0.1) is 0 Å². The Morgan fingerprint density at radius 3 is 2.89 bits per heavy atom. The lowest BCUT2D eigenvalue weighted by Crippen LogP contribution is -2.09. The minimum absolute atomic E-state index is 0.128. The van der Waals surface area contributed by atoms with Crippen LogP contribution in [0.3, 0.4) is 0 Å². The first-order valence-electron chi connectivity index (χ1n) is 5.19. The Morgan fingerprint density at radius 1 is 1.44 bits per heavy atom. The van der Waals surface area contributed by atoms with Gasteiger partial charge in [-0.2, -0.15) is 5.26 Å². The van der Waals surface area contributed by atoms with E-state index < -0.39 is 11.8 Å². The molecule has 90 valence electrons. The number of halogens is 1. The minimum Gasteiger partial charge on any atom is -0.477 e. The van der Waals surface area contributed by atoms with Gasteiger partial charge in [0.1, 0.15) is 11.5 Å². The molecular formula is C13H9FN2O2. The standard InChI is InChI=1S/C13H9FN2O2/c14-11-4-3-9(10(6-11)7-15)8-16-5-1-2-12(16)13(17)18/h1-6H,8H2,(H,17,18). The molecule has 2 rings (SSSR count). The number of carboxylic acid groups (broad SMARTS) is 1. The minimum atomic E-state index is -1.04. The van der Waals surface area contributed by atoms with Crippen LogP contribution in [0.15, 0.2) is 36.5 Å². The monoisotopic (exact) mass is 244 g/mol. The Morgan fingerprint density at radius 2 is 2.22 bits per heavy atom. The van der Waals surface area contributed by atoms with Crippen molar-refractivity contribution in [1.29, 1.82) is 5.26 Å². The molecular weight excluding hydrogens is 235 g/mol. The SMILES string of the molecule is N#Cc1cc(F)ccc1Cn1cccc1C(=O)O. The summed E-state index contributed by atoms with van der Waals surface area (Å²) in [5, 5.41) is 17.9. The molecule has 18 heavy (non-hydrogen) atoms. The number of benzene rings is 1. The Bertz CT molecular complexity index is 641. The summed E-state index contributed by atoms with van der Waals surface area (Å²) in [6, 6.07) is 8.85. The van der Waals surface area contributed by atoms with Crippen molar-refractivity contribution < 1.29 is 14.3 Å². The molecule has 0 amide bonds. The molecule has 1 aromatic carbocycles. The summed E-state index contributed by atoms with van der Waals surface area (Å²) in [6.07, 6.45) is 1.61. The van der Waals surface area contributed by atoms with E-state index in [4.69, 9.17) is 10.4 Å². The number of nitriles is 1. The fourth-order valence-electron chi connectivity index (χ4n) is 1.72. The zero-order valence-electron chi connectivity index (χ0n) is 9.30. The third-order valence-electron chi connectivity index (χ3n) is 2.58. The van der Waals surface area contributed by atoms with Crippen molar-refractivity contribution in [2.75, 3.05) is 0 Å². The van der Waals surface area contributed by atoms with E-state index in [1.807, 2.05) is 6.07 Å². The van der Waals surface area contributed by atoms with E-state index in [0.717, 1.165) is 6.07 Å². The average Bonchev–Trinajstić information content (AvgIpc) is 2.79. The van der Waals surface area contributed by atoms with Crippen LogP contribution in [0, 0.1) is 17.1 Å². The number of hydrogen-bond acceptors (Lipinski definition) is 2. The van der Waals surface area contributed by atoms with Crippen molar-refractivity contribution in [3.05, 3.63) is 59.2 Å². The summed E-state index contributed by atoms with van der Waals surface area (Å²) in [4.78, 5) is 10.9. The van der Waals surface area contributed by atoms with Crippen molar-refractivity contribution in [3.63, 3.8) is 0 Å². The number of rotatable bonds is 3. The van der Waals surface area contributed by atoms with Crippen LogP contribution in [0.5, 0.6) is 0 Å². The molecule has 1 heterocycles. The third kappa shape index (κ3) is 2.23. The number of nitrogens with zero attached hydrogens (tertiary/aromatic N) is 2. The fourth-order valence-corrected chi connectivity index (χ4v) is 1.72. The second kappa shape index (κ2) is 4.72. The molecule has 0 aliphatic rings. The largest absolute Gasteiger partial charge is 0.477 e. The van der Waals surface area contributed by atoms with Gasteiger partial charge in [0.25, 0.3) is 0 Å². The number of carboxylic acids is 1. The smallest absolute Gasteiger partial charge is 0.352 e. The van der Waals surface area contributed by atoms with Gasteiger partial charge in [-0.1, -0.05) is 6.07 Å². The van der Waals surface area contributed by atoms with Crippen molar-refractivity contribution in [2.24, 2.45) is 0 Å². The molecule has 1 aromatic heterocycles. The number of hydrogen-bond donors (Lipinski definition) is 1. The Kier molecular flexibility index (Phi) is 3.11. The Balaban J connectivity index is 2.38. The molecule has 0 saturated carbocycles. The maximum atomic E-state index is 13.0. The first-order chi connectivity index (χ1) is 8.61. The van der Waals surface area contributed by atoms with E-state index in [0.29, 0.717) is 5.56 Å². The van der Waals surface area contributed by atoms with Crippen LogP contribution < -0.4 is 0 Å². The van der Waals surface area contributed by atoms with Crippen LogP contribution in [0.2, 0.25) is 0 Å². The van der Waals surface area contributed by atoms with E-state index in [9.17, 15) is 9.18 Å². The third-order valence-corrected chi connectivity index (χ3v) is 2.58. The molecule has 0 aliphatic carbocycles. The molecule has 0 spiro atoms.